The third-order valence-electron chi connectivity index (χ3n) is 8.67. The van der Waals surface area contributed by atoms with Gasteiger partial charge in [-0.1, -0.05) is 38.3 Å². The number of halogens is 3. The minimum absolute atomic E-state index is 0.112. The maximum atomic E-state index is 13.8. The highest BCUT2D eigenvalue weighted by Crippen LogP contribution is 2.47. The van der Waals surface area contributed by atoms with Crippen molar-refractivity contribution in [1.29, 1.82) is 0 Å². The lowest BCUT2D eigenvalue weighted by molar-refractivity contribution is -0.192. The Morgan fingerprint density at radius 1 is 1.11 bits per heavy atom. The number of methoxy groups -OCH3 is 1. The van der Waals surface area contributed by atoms with Crippen molar-refractivity contribution in [3.8, 4) is 5.75 Å². The molecule has 248 valence electrons. The second-order valence-electron chi connectivity index (χ2n) is 11.4. The number of aromatic amines is 1. The minimum atomic E-state index is -5.08. The van der Waals surface area contributed by atoms with Crippen LogP contribution >= 0.6 is 0 Å². The third-order valence-corrected chi connectivity index (χ3v) is 8.67. The molecule has 14 heteroatoms. The zero-order chi connectivity index (χ0) is 33.0. The van der Waals surface area contributed by atoms with Crippen molar-refractivity contribution in [3.63, 3.8) is 0 Å². The van der Waals surface area contributed by atoms with E-state index < -0.39 is 24.2 Å². The number of carboxylic acids is 1. The number of imidazole rings is 1. The normalized spacial score (nSPS) is 17.3. The maximum absolute atomic E-state index is 13.8. The molecule has 2 aliphatic rings. The van der Waals surface area contributed by atoms with Crippen LogP contribution in [0.25, 0.3) is 0 Å². The van der Waals surface area contributed by atoms with Crippen molar-refractivity contribution in [2.24, 2.45) is 11.3 Å². The number of carbonyl (C=O) groups excluding carboxylic acids is 3. The minimum Gasteiger partial charge on any atom is -0.497 e. The summed E-state index contributed by atoms with van der Waals surface area (Å²) in [5.41, 5.74) is 1.38. The number of hydrogen-bond donors (Lipinski definition) is 4. The lowest BCUT2D eigenvalue weighted by atomic mass is 9.61. The number of likely N-dealkylation sites (tertiary alicyclic amines) is 1. The van der Waals surface area contributed by atoms with Crippen LogP contribution < -0.4 is 15.4 Å². The van der Waals surface area contributed by atoms with Crippen LogP contribution in [0, 0.1) is 11.3 Å². The highest BCUT2D eigenvalue weighted by molar-refractivity contribution is 5.88. The van der Waals surface area contributed by atoms with E-state index in [0.717, 1.165) is 29.8 Å². The molecule has 0 radical (unpaired) electrons. The zero-order valence-corrected chi connectivity index (χ0v) is 25.6. The number of hydrogen-bond acceptors (Lipinski definition) is 6. The highest BCUT2D eigenvalue weighted by atomic mass is 19.4. The molecule has 1 aromatic carbocycles. The molecular formula is C31H42F3N5O6. The number of ether oxygens (including phenoxy) is 1. The van der Waals surface area contributed by atoms with Gasteiger partial charge in [0.15, 0.2) is 0 Å². The molecule has 0 spiro atoms. The van der Waals surface area contributed by atoms with Gasteiger partial charge in [0.1, 0.15) is 17.6 Å². The largest absolute Gasteiger partial charge is 0.497 e. The number of carbonyl (C=O) groups is 4. The van der Waals surface area contributed by atoms with Gasteiger partial charge < -0.3 is 30.4 Å². The molecule has 1 aliphatic heterocycles. The van der Waals surface area contributed by atoms with Crippen molar-refractivity contribution in [3.05, 3.63) is 48.0 Å². The second kappa shape index (κ2) is 16.3. The topological polar surface area (TPSA) is 154 Å². The molecule has 1 unspecified atom stereocenters. The molecule has 1 aliphatic carbocycles. The summed E-state index contributed by atoms with van der Waals surface area (Å²) >= 11 is 0. The van der Waals surface area contributed by atoms with Gasteiger partial charge in [-0.3, -0.25) is 9.59 Å². The standard InChI is InChI=1S/C29H41N5O4.C2HF3O2/c1-3-26(35)29(22-7-5-4-6-8-22)13-15-34(16-14-29)27(36)25(17-21-9-11-24(38-2)12-10-21)33-28(37)31-19-23-18-30-20-32-23;3-2(4,5)1(6)7/h9-12,18,20,22,25H,3-8,13-17,19H2,1-2H3,(H,30,32)(H2,31,33,37);(H,6,7). The molecule has 11 nitrogen and oxygen atoms in total. The lowest BCUT2D eigenvalue weighted by Gasteiger charge is -2.47. The van der Waals surface area contributed by atoms with Crippen molar-refractivity contribution < 1.29 is 42.2 Å². The number of nitrogens with one attached hydrogen (secondary N) is 3. The Kier molecular flexibility index (Phi) is 12.8. The van der Waals surface area contributed by atoms with Gasteiger partial charge in [-0.15, -0.1) is 0 Å². The molecule has 0 bridgehead atoms. The van der Waals surface area contributed by atoms with Gasteiger partial charge in [-0.25, -0.2) is 14.6 Å². The number of rotatable bonds is 10. The molecule has 1 saturated carbocycles. The van der Waals surface area contributed by atoms with E-state index >= 15 is 0 Å². The monoisotopic (exact) mass is 637 g/mol. The number of nitrogens with zero attached hydrogens (tertiary/aromatic N) is 2. The molecule has 3 amide bonds. The van der Waals surface area contributed by atoms with Crippen LogP contribution in [-0.2, 0) is 27.3 Å². The van der Waals surface area contributed by atoms with Crippen LogP contribution in [0.4, 0.5) is 18.0 Å². The number of aromatic nitrogens is 2. The van der Waals surface area contributed by atoms with Gasteiger partial charge in [0.2, 0.25) is 5.91 Å². The Morgan fingerprint density at radius 3 is 2.24 bits per heavy atom. The third kappa shape index (κ3) is 9.95. The Balaban J connectivity index is 0.000000707. The lowest BCUT2D eigenvalue weighted by Crippen LogP contribution is -2.56. The Bertz CT molecular complexity index is 1260. The summed E-state index contributed by atoms with van der Waals surface area (Å²) < 4.78 is 37.0. The van der Waals surface area contributed by atoms with Crippen molar-refractivity contribution >= 4 is 23.7 Å². The maximum Gasteiger partial charge on any atom is 0.490 e. The summed E-state index contributed by atoms with van der Waals surface area (Å²) in [6.07, 6.45) is 6.27. The number of aliphatic carboxylic acids is 1. The first-order valence-corrected chi connectivity index (χ1v) is 15.2. The second-order valence-corrected chi connectivity index (χ2v) is 11.4. The van der Waals surface area contributed by atoms with Gasteiger partial charge >= 0.3 is 18.2 Å². The number of carboxylic acid groups (broad SMARTS) is 1. The van der Waals surface area contributed by atoms with Gasteiger partial charge in [-0.2, -0.15) is 13.2 Å². The molecule has 4 rings (SSSR count). The van der Waals surface area contributed by atoms with Crippen LogP contribution in [0.1, 0.15) is 69.5 Å². The molecule has 4 N–H and O–H groups in total. The predicted molar refractivity (Wildman–Crippen MR) is 158 cm³/mol. The van der Waals surface area contributed by atoms with Crippen LogP contribution in [0.2, 0.25) is 0 Å². The summed E-state index contributed by atoms with van der Waals surface area (Å²) in [5, 5.41) is 12.8. The van der Waals surface area contributed by atoms with Crippen molar-refractivity contribution in [2.45, 2.75) is 83.5 Å². The van der Waals surface area contributed by atoms with Crippen molar-refractivity contribution in [1.82, 2.24) is 25.5 Å². The molecule has 1 aromatic heterocycles. The first-order valence-electron chi connectivity index (χ1n) is 15.2. The molecule has 1 saturated heterocycles. The molecule has 2 heterocycles. The molecule has 2 aromatic rings. The quantitative estimate of drug-likeness (QED) is 0.296. The number of ketones is 1. The van der Waals surface area contributed by atoms with Crippen LogP contribution in [0.3, 0.4) is 0 Å². The van der Waals surface area contributed by atoms with E-state index in [9.17, 15) is 27.6 Å². The van der Waals surface area contributed by atoms with Crippen LogP contribution in [-0.4, -0.2) is 76.1 Å². The van der Waals surface area contributed by atoms with Gasteiger partial charge in [-0.05, 0) is 49.3 Å². The summed E-state index contributed by atoms with van der Waals surface area (Å²) in [6.45, 7) is 3.32. The number of Topliss-reactive ketones (excluding diaryl/α,β-unsaturated/α-hetero) is 1. The summed E-state index contributed by atoms with van der Waals surface area (Å²) in [7, 11) is 1.61. The summed E-state index contributed by atoms with van der Waals surface area (Å²) in [5.74, 6) is -1.37. The van der Waals surface area contributed by atoms with Gasteiger partial charge in [0.05, 0.1) is 25.7 Å². The number of piperidine rings is 1. The SMILES string of the molecule is CCC(=O)C1(C2CCCCC2)CCN(C(=O)C(Cc2ccc(OC)cc2)NC(=O)NCc2cnc[nH]2)CC1.O=C(O)C(F)(F)F. The van der Waals surface area contributed by atoms with E-state index in [1.54, 1.807) is 19.6 Å². The molecule has 45 heavy (non-hydrogen) atoms. The van der Waals surface area contributed by atoms with Gasteiger partial charge in [0, 0.05) is 37.5 Å². The van der Waals surface area contributed by atoms with E-state index in [4.69, 9.17) is 14.6 Å². The van der Waals surface area contributed by atoms with E-state index in [2.05, 4.69) is 20.6 Å². The zero-order valence-electron chi connectivity index (χ0n) is 25.6. The number of H-pyrrole nitrogens is 1. The van der Waals surface area contributed by atoms with E-state index in [1.165, 1.54) is 19.3 Å². The number of amides is 3. The van der Waals surface area contributed by atoms with E-state index in [1.807, 2.05) is 36.1 Å². The Hall–Kier alpha value is -4.10. The molecule has 2 fully saturated rings. The Morgan fingerprint density at radius 2 is 1.73 bits per heavy atom. The average molecular weight is 638 g/mol. The first kappa shape index (κ1) is 35.4. The smallest absolute Gasteiger partial charge is 0.490 e. The Labute approximate surface area is 260 Å². The number of urea groups is 1. The number of benzene rings is 1. The fraction of sp³-hybridized carbons (Fsp3) is 0.581. The van der Waals surface area contributed by atoms with Gasteiger partial charge in [0.25, 0.3) is 0 Å². The van der Waals surface area contributed by atoms with E-state index in [-0.39, 0.29) is 17.9 Å². The summed E-state index contributed by atoms with van der Waals surface area (Å²) in [4.78, 5) is 57.4. The summed E-state index contributed by atoms with van der Waals surface area (Å²) in [6, 6.07) is 6.38. The fourth-order valence-corrected chi connectivity index (χ4v) is 6.23. The predicted octanol–water partition coefficient (Wildman–Crippen LogP) is 4.63. The van der Waals surface area contributed by atoms with Crippen LogP contribution in [0.15, 0.2) is 36.8 Å². The number of alkyl halides is 3. The van der Waals surface area contributed by atoms with Crippen molar-refractivity contribution in [2.75, 3.05) is 20.2 Å². The molecular weight excluding hydrogens is 595 g/mol. The van der Waals surface area contributed by atoms with Crippen LogP contribution in [0.5, 0.6) is 5.75 Å². The highest BCUT2D eigenvalue weighted by Gasteiger charge is 2.47. The molecule has 1 atom stereocenters. The average Bonchev–Trinajstić information content (AvgIpc) is 3.57. The first-order chi connectivity index (χ1) is 21.4. The fourth-order valence-electron chi connectivity index (χ4n) is 6.23. The van der Waals surface area contributed by atoms with E-state index in [0.29, 0.717) is 50.5 Å².